The fourth-order valence-electron chi connectivity index (χ4n) is 1.71. The highest BCUT2D eigenvalue weighted by Crippen LogP contribution is 2.15. The second-order valence-electron chi connectivity index (χ2n) is 4.53. The SMILES string of the molecule is CCCNCc1cccc(OC(C)CCOC)c1. The van der Waals surface area contributed by atoms with E-state index in [1.165, 1.54) is 5.56 Å². The quantitative estimate of drug-likeness (QED) is 0.684. The molecular formula is C15H25NO2. The lowest BCUT2D eigenvalue weighted by atomic mass is 10.2. The largest absolute Gasteiger partial charge is 0.491 e. The molecule has 1 atom stereocenters. The number of rotatable bonds is 9. The molecule has 1 rings (SSSR count). The average molecular weight is 251 g/mol. The first-order valence-corrected chi connectivity index (χ1v) is 6.71. The number of ether oxygens (including phenoxy) is 2. The third-order valence-electron chi connectivity index (χ3n) is 2.72. The van der Waals surface area contributed by atoms with Crippen molar-refractivity contribution in [2.75, 3.05) is 20.3 Å². The molecule has 102 valence electrons. The van der Waals surface area contributed by atoms with Crippen LogP contribution in [-0.2, 0) is 11.3 Å². The topological polar surface area (TPSA) is 30.5 Å². The summed E-state index contributed by atoms with van der Waals surface area (Å²) in [6, 6.07) is 8.27. The molecule has 0 fully saturated rings. The molecule has 0 aliphatic rings. The molecular weight excluding hydrogens is 226 g/mol. The van der Waals surface area contributed by atoms with Crippen molar-refractivity contribution in [2.24, 2.45) is 0 Å². The third kappa shape index (κ3) is 6.03. The molecule has 3 nitrogen and oxygen atoms in total. The predicted octanol–water partition coefficient (Wildman–Crippen LogP) is 2.99. The summed E-state index contributed by atoms with van der Waals surface area (Å²) in [5.74, 6) is 0.939. The maximum atomic E-state index is 5.86. The van der Waals surface area contributed by atoms with Crippen molar-refractivity contribution in [3.63, 3.8) is 0 Å². The molecule has 1 aromatic rings. The van der Waals surface area contributed by atoms with Crippen molar-refractivity contribution in [3.05, 3.63) is 29.8 Å². The van der Waals surface area contributed by atoms with Gasteiger partial charge in [-0.15, -0.1) is 0 Å². The van der Waals surface area contributed by atoms with Crippen molar-refractivity contribution < 1.29 is 9.47 Å². The lowest BCUT2D eigenvalue weighted by Gasteiger charge is -2.15. The fourth-order valence-corrected chi connectivity index (χ4v) is 1.71. The van der Waals surface area contributed by atoms with E-state index in [-0.39, 0.29) is 6.10 Å². The van der Waals surface area contributed by atoms with Crippen molar-refractivity contribution in [1.82, 2.24) is 5.32 Å². The van der Waals surface area contributed by atoms with E-state index in [0.29, 0.717) is 0 Å². The molecule has 3 heteroatoms. The Labute approximate surface area is 110 Å². The Bertz CT molecular complexity index is 328. The van der Waals surface area contributed by atoms with Gasteiger partial charge in [-0.1, -0.05) is 19.1 Å². The number of hydrogen-bond donors (Lipinski definition) is 1. The van der Waals surface area contributed by atoms with Crippen LogP contribution in [0.4, 0.5) is 0 Å². The number of hydrogen-bond acceptors (Lipinski definition) is 3. The van der Waals surface area contributed by atoms with Crippen molar-refractivity contribution in [2.45, 2.75) is 39.3 Å². The van der Waals surface area contributed by atoms with Gasteiger partial charge in [-0.3, -0.25) is 0 Å². The van der Waals surface area contributed by atoms with Gasteiger partial charge in [0.15, 0.2) is 0 Å². The Hall–Kier alpha value is -1.06. The summed E-state index contributed by atoms with van der Waals surface area (Å²) in [7, 11) is 1.72. The van der Waals surface area contributed by atoms with E-state index in [0.717, 1.165) is 38.3 Å². The van der Waals surface area contributed by atoms with E-state index >= 15 is 0 Å². The van der Waals surface area contributed by atoms with E-state index in [1.54, 1.807) is 7.11 Å². The summed E-state index contributed by atoms with van der Waals surface area (Å²) in [6.07, 6.45) is 2.25. The zero-order valence-electron chi connectivity index (χ0n) is 11.7. The first-order chi connectivity index (χ1) is 8.76. The maximum Gasteiger partial charge on any atom is 0.120 e. The van der Waals surface area contributed by atoms with E-state index < -0.39 is 0 Å². The molecule has 0 saturated heterocycles. The van der Waals surface area contributed by atoms with Crippen molar-refractivity contribution in [3.8, 4) is 5.75 Å². The Morgan fingerprint density at radius 2 is 2.17 bits per heavy atom. The van der Waals surface area contributed by atoms with E-state index in [4.69, 9.17) is 9.47 Å². The second-order valence-corrected chi connectivity index (χ2v) is 4.53. The van der Waals surface area contributed by atoms with Gasteiger partial charge in [0, 0.05) is 26.7 Å². The Kier molecular flexibility index (Phi) is 7.46. The Balaban J connectivity index is 2.43. The van der Waals surface area contributed by atoms with Crippen molar-refractivity contribution in [1.29, 1.82) is 0 Å². The molecule has 1 N–H and O–H groups in total. The number of methoxy groups -OCH3 is 1. The van der Waals surface area contributed by atoms with Gasteiger partial charge < -0.3 is 14.8 Å². The summed E-state index contributed by atoms with van der Waals surface area (Å²) in [6.45, 7) is 6.93. The summed E-state index contributed by atoms with van der Waals surface area (Å²) >= 11 is 0. The molecule has 0 amide bonds. The third-order valence-corrected chi connectivity index (χ3v) is 2.72. The molecule has 0 aliphatic carbocycles. The van der Waals surface area contributed by atoms with Crippen LogP contribution in [0.1, 0.15) is 32.3 Å². The Morgan fingerprint density at radius 3 is 2.89 bits per heavy atom. The van der Waals surface area contributed by atoms with Gasteiger partial charge in [-0.05, 0) is 37.6 Å². The summed E-state index contributed by atoms with van der Waals surface area (Å²) in [5, 5.41) is 3.39. The van der Waals surface area contributed by atoms with E-state index in [1.807, 2.05) is 12.1 Å². The van der Waals surface area contributed by atoms with Gasteiger partial charge >= 0.3 is 0 Å². The van der Waals surface area contributed by atoms with Gasteiger partial charge in [0.25, 0.3) is 0 Å². The predicted molar refractivity (Wildman–Crippen MR) is 75.0 cm³/mol. The molecule has 0 saturated carbocycles. The smallest absolute Gasteiger partial charge is 0.120 e. The summed E-state index contributed by atoms with van der Waals surface area (Å²) in [4.78, 5) is 0. The van der Waals surface area contributed by atoms with Crippen LogP contribution in [0.5, 0.6) is 5.75 Å². The molecule has 0 spiro atoms. The first kappa shape index (κ1) is 15.0. The molecule has 1 aromatic carbocycles. The van der Waals surface area contributed by atoms with Crippen LogP contribution in [0.3, 0.4) is 0 Å². The highest BCUT2D eigenvalue weighted by Gasteiger charge is 2.04. The first-order valence-electron chi connectivity index (χ1n) is 6.71. The van der Waals surface area contributed by atoms with Gasteiger partial charge in [0.05, 0.1) is 6.10 Å². The summed E-state index contributed by atoms with van der Waals surface area (Å²) < 4.78 is 10.9. The molecule has 0 aliphatic heterocycles. The normalized spacial score (nSPS) is 12.4. The van der Waals surface area contributed by atoms with Gasteiger partial charge in [0.1, 0.15) is 5.75 Å². The lowest BCUT2D eigenvalue weighted by Crippen LogP contribution is -2.15. The van der Waals surface area contributed by atoms with Crippen LogP contribution in [0.25, 0.3) is 0 Å². The van der Waals surface area contributed by atoms with Crippen LogP contribution < -0.4 is 10.1 Å². The fraction of sp³-hybridized carbons (Fsp3) is 0.600. The molecule has 1 unspecified atom stereocenters. The van der Waals surface area contributed by atoms with E-state index in [9.17, 15) is 0 Å². The van der Waals surface area contributed by atoms with Crippen LogP contribution in [0.15, 0.2) is 24.3 Å². The Morgan fingerprint density at radius 1 is 1.33 bits per heavy atom. The highest BCUT2D eigenvalue weighted by atomic mass is 16.5. The lowest BCUT2D eigenvalue weighted by molar-refractivity contribution is 0.135. The summed E-state index contributed by atoms with van der Waals surface area (Å²) in [5.41, 5.74) is 1.26. The molecule has 0 bridgehead atoms. The van der Waals surface area contributed by atoms with Crippen LogP contribution in [0.2, 0.25) is 0 Å². The van der Waals surface area contributed by atoms with E-state index in [2.05, 4.69) is 31.3 Å². The molecule has 18 heavy (non-hydrogen) atoms. The van der Waals surface area contributed by atoms with Gasteiger partial charge in [-0.25, -0.2) is 0 Å². The maximum absolute atomic E-state index is 5.86. The van der Waals surface area contributed by atoms with Crippen LogP contribution in [-0.4, -0.2) is 26.4 Å². The minimum atomic E-state index is 0.184. The molecule has 0 radical (unpaired) electrons. The minimum absolute atomic E-state index is 0.184. The zero-order chi connectivity index (χ0) is 13.2. The second kappa shape index (κ2) is 8.95. The minimum Gasteiger partial charge on any atom is -0.491 e. The standard InChI is InChI=1S/C15H25NO2/c1-4-9-16-12-14-6-5-7-15(11-14)18-13(2)8-10-17-3/h5-7,11,13,16H,4,8-10,12H2,1-3H3. The van der Waals surface area contributed by atoms with Crippen LogP contribution >= 0.6 is 0 Å². The zero-order valence-corrected chi connectivity index (χ0v) is 11.7. The number of benzene rings is 1. The van der Waals surface area contributed by atoms with Gasteiger partial charge in [-0.2, -0.15) is 0 Å². The van der Waals surface area contributed by atoms with Crippen molar-refractivity contribution >= 4 is 0 Å². The van der Waals surface area contributed by atoms with Crippen LogP contribution in [0, 0.1) is 0 Å². The van der Waals surface area contributed by atoms with Gasteiger partial charge in [0.2, 0.25) is 0 Å². The number of nitrogens with one attached hydrogen (secondary N) is 1. The molecule has 0 aromatic heterocycles. The molecule has 0 heterocycles. The average Bonchev–Trinajstić information content (AvgIpc) is 2.37. The monoisotopic (exact) mass is 251 g/mol. The highest BCUT2D eigenvalue weighted by molar-refractivity contribution is 5.28.